The molecule has 0 unspecified atom stereocenters. The maximum Gasteiger partial charge on any atom is 0.261 e. The van der Waals surface area contributed by atoms with Gasteiger partial charge in [0.25, 0.3) is 5.91 Å². The first-order valence-electron chi connectivity index (χ1n) is 9.78. The minimum atomic E-state index is -0.471. The summed E-state index contributed by atoms with van der Waals surface area (Å²) in [5, 5.41) is 3.00. The monoisotopic (exact) mass is 369 g/mol. The third-order valence-corrected chi connectivity index (χ3v) is 4.68. The maximum absolute atomic E-state index is 12.5. The zero-order chi connectivity index (χ0) is 19.6. The van der Waals surface area contributed by atoms with Gasteiger partial charge in [-0.2, -0.15) is 0 Å². The number of nitrogens with one attached hydrogen (secondary N) is 1. The van der Waals surface area contributed by atoms with Gasteiger partial charge >= 0.3 is 0 Å². The van der Waals surface area contributed by atoms with Gasteiger partial charge in [-0.25, -0.2) is 0 Å². The molecule has 2 aromatic rings. The third kappa shape index (κ3) is 6.02. The van der Waals surface area contributed by atoms with Gasteiger partial charge in [-0.3, -0.25) is 4.79 Å². The number of para-hydroxylation sites is 1. The van der Waals surface area contributed by atoms with Crippen molar-refractivity contribution in [1.82, 2.24) is 5.32 Å². The minimum absolute atomic E-state index is 0.0588. The molecular weight excluding hydrogens is 338 g/mol. The summed E-state index contributed by atoms with van der Waals surface area (Å²) in [5.74, 6) is 1.65. The summed E-state index contributed by atoms with van der Waals surface area (Å²) < 4.78 is 11.6. The SMILES string of the molecule is CCOc1ccccc1CCCNC(=O)[C@@H](CC)Oc1cccc(C)c1C. The van der Waals surface area contributed by atoms with Crippen LogP contribution in [0.3, 0.4) is 0 Å². The number of benzene rings is 2. The standard InChI is InChI=1S/C23H31NO3/c1-5-20(27-21-15-9-11-17(3)18(21)4)23(25)24-16-10-13-19-12-7-8-14-22(19)26-6-2/h7-9,11-12,14-15,20H,5-6,10,13,16H2,1-4H3,(H,24,25)/t20-/m1/s1. The van der Waals surface area contributed by atoms with Crippen molar-refractivity contribution in [3.05, 3.63) is 59.2 Å². The summed E-state index contributed by atoms with van der Waals surface area (Å²) in [6.07, 6.45) is 1.88. The summed E-state index contributed by atoms with van der Waals surface area (Å²) in [4.78, 5) is 12.5. The first kappa shape index (κ1) is 20.8. The van der Waals surface area contributed by atoms with Gasteiger partial charge in [0.15, 0.2) is 6.10 Å². The molecule has 27 heavy (non-hydrogen) atoms. The van der Waals surface area contributed by atoms with Gasteiger partial charge in [0.05, 0.1) is 6.61 Å². The Balaban J connectivity index is 1.84. The van der Waals surface area contributed by atoms with Crippen LogP contribution < -0.4 is 14.8 Å². The average molecular weight is 370 g/mol. The zero-order valence-corrected chi connectivity index (χ0v) is 16.9. The Morgan fingerprint density at radius 2 is 1.78 bits per heavy atom. The predicted molar refractivity (Wildman–Crippen MR) is 110 cm³/mol. The number of hydrogen-bond donors (Lipinski definition) is 1. The van der Waals surface area contributed by atoms with Crippen LogP contribution in [0.5, 0.6) is 11.5 Å². The fourth-order valence-electron chi connectivity index (χ4n) is 2.94. The Hall–Kier alpha value is -2.49. The van der Waals surface area contributed by atoms with Crippen molar-refractivity contribution in [2.45, 2.75) is 53.1 Å². The molecule has 1 N–H and O–H groups in total. The topological polar surface area (TPSA) is 47.6 Å². The number of ether oxygens (including phenoxy) is 2. The Labute approximate surface area is 162 Å². The van der Waals surface area contributed by atoms with Crippen molar-refractivity contribution in [2.75, 3.05) is 13.2 Å². The highest BCUT2D eigenvalue weighted by molar-refractivity contribution is 5.81. The van der Waals surface area contributed by atoms with Crippen molar-refractivity contribution < 1.29 is 14.3 Å². The summed E-state index contributed by atoms with van der Waals surface area (Å²) in [7, 11) is 0. The van der Waals surface area contributed by atoms with Crippen molar-refractivity contribution >= 4 is 5.91 Å². The van der Waals surface area contributed by atoms with Crippen LogP contribution in [-0.4, -0.2) is 25.2 Å². The molecular formula is C23H31NO3. The normalized spacial score (nSPS) is 11.7. The Morgan fingerprint density at radius 1 is 1.04 bits per heavy atom. The highest BCUT2D eigenvalue weighted by atomic mass is 16.5. The molecule has 1 amide bonds. The number of amides is 1. The molecule has 0 radical (unpaired) electrons. The molecule has 4 heteroatoms. The second-order valence-electron chi connectivity index (χ2n) is 6.65. The van der Waals surface area contributed by atoms with E-state index in [9.17, 15) is 4.79 Å². The van der Waals surface area contributed by atoms with E-state index in [1.165, 1.54) is 5.56 Å². The smallest absolute Gasteiger partial charge is 0.261 e. The van der Waals surface area contributed by atoms with Crippen LogP contribution in [0, 0.1) is 13.8 Å². The fourth-order valence-corrected chi connectivity index (χ4v) is 2.94. The Bertz CT molecular complexity index is 742. The lowest BCUT2D eigenvalue weighted by atomic mass is 10.1. The van der Waals surface area contributed by atoms with Gasteiger partial charge in [-0.1, -0.05) is 37.3 Å². The maximum atomic E-state index is 12.5. The number of aryl methyl sites for hydroxylation is 2. The molecule has 2 aromatic carbocycles. The van der Waals surface area contributed by atoms with Gasteiger partial charge in [-0.15, -0.1) is 0 Å². The number of carbonyl (C=O) groups is 1. The van der Waals surface area contributed by atoms with E-state index in [-0.39, 0.29) is 5.91 Å². The van der Waals surface area contributed by atoms with E-state index in [1.54, 1.807) is 0 Å². The van der Waals surface area contributed by atoms with E-state index in [2.05, 4.69) is 11.4 Å². The van der Waals surface area contributed by atoms with Crippen LogP contribution in [0.1, 0.15) is 43.4 Å². The van der Waals surface area contributed by atoms with Gasteiger partial charge in [0.2, 0.25) is 0 Å². The molecule has 0 heterocycles. The lowest BCUT2D eigenvalue weighted by Gasteiger charge is -2.19. The van der Waals surface area contributed by atoms with E-state index in [0.29, 0.717) is 19.6 Å². The highest BCUT2D eigenvalue weighted by Gasteiger charge is 2.19. The van der Waals surface area contributed by atoms with E-state index >= 15 is 0 Å². The summed E-state index contributed by atoms with van der Waals surface area (Å²) in [6.45, 7) is 9.29. The first-order valence-corrected chi connectivity index (χ1v) is 9.78. The predicted octanol–water partition coefficient (Wildman–Crippen LogP) is 4.61. The molecule has 0 saturated heterocycles. The van der Waals surface area contributed by atoms with Crippen LogP contribution in [0.2, 0.25) is 0 Å². The molecule has 0 aliphatic carbocycles. The molecule has 1 atom stereocenters. The first-order chi connectivity index (χ1) is 13.1. The Morgan fingerprint density at radius 3 is 2.52 bits per heavy atom. The van der Waals surface area contributed by atoms with E-state index in [1.807, 2.05) is 64.1 Å². The molecule has 0 aliphatic heterocycles. The average Bonchev–Trinajstić information content (AvgIpc) is 2.67. The zero-order valence-electron chi connectivity index (χ0n) is 16.9. The largest absolute Gasteiger partial charge is 0.494 e. The third-order valence-electron chi connectivity index (χ3n) is 4.68. The fraction of sp³-hybridized carbons (Fsp3) is 0.435. The molecule has 4 nitrogen and oxygen atoms in total. The number of hydrogen-bond acceptors (Lipinski definition) is 3. The summed E-state index contributed by atoms with van der Waals surface area (Å²) >= 11 is 0. The van der Waals surface area contributed by atoms with E-state index < -0.39 is 6.10 Å². The van der Waals surface area contributed by atoms with Crippen LogP contribution >= 0.6 is 0 Å². The van der Waals surface area contributed by atoms with E-state index in [0.717, 1.165) is 35.5 Å². The molecule has 0 saturated carbocycles. The second-order valence-corrected chi connectivity index (χ2v) is 6.65. The molecule has 0 aliphatic rings. The van der Waals surface area contributed by atoms with Crippen LogP contribution in [0.25, 0.3) is 0 Å². The molecule has 0 aromatic heterocycles. The van der Waals surface area contributed by atoms with Crippen LogP contribution in [0.4, 0.5) is 0 Å². The molecule has 0 spiro atoms. The van der Waals surface area contributed by atoms with Gasteiger partial charge in [0.1, 0.15) is 11.5 Å². The molecule has 146 valence electrons. The molecule has 2 rings (SSSR count). The van der Waals surface area contributed by atoms with Gasteiger partial charge < -0.3 is 14.8 Å². The lowest BCUT2D eigenvalue weighted by molar-refractivity contribution is -0.128. The molecule has 0 bridgehead atoms. The Kier molecular flexibility index (Phi) is 8.18. The molecule has 0 fully saturated rings. The van der Waals surface area contributed by atoms with Gasteiger partial charge in [-0.05, 0) is 68.9 Å². The highest BCUT2D eigenvalue weighted by Crippen LogP contribution is 2.22. The van der Waals surface area contributed by atoms with E-state index in [4.69, 9.17) is 9.47 Å². The minimum Gasteiger partial charge on any atom is -0.494 e. The quantitative estimate of drug-likeness (QED) is 0.622. The van der Waals surface area contributed by atoms with Crippen molar-refractivity contribution in [3.8, 4) is 11.5 Å². The van der Waals surface area contributed by atoms with Crippen molar-refractivity contribution in [2.24, 2.45) is 0 Å². The number of rotatable bonds is 10. The van der Waals surface area contributed by atoms with Gasteiger partial charge in [0, 0.05) is 6.54 Å². The van der Waals surface area contributed by atoms with Crippen LogP contribution in [-0.2, 0) is 11.2 Å². The number of carbonyl (C=O) groups excluding carboxylic acids is 1. The summed E-state index contributed by atoms with van der Waals surface area (Å²) in [5.41, 5.74) is 3.42. The summed E-state index contributed by atoms with van der Waals surface area (Å²) in [6, 6.07) is 14.0. The second kappa shape index (κ2) is 10.6. The lowest BCUT2D eigenvalue weighted by Crippen LogP contribution is -2.38. The van der Waals surface area contributed by atoms with Crippen LogP contribution in [0.15, 0.2) is 42.5 Å². The van der Waals surface area contributed by atoms with Crippen molar-refractivity contribution in [1.29, 1.82) is 0 Å². The van der Waals surface area contributed by atoms with Crippen molar-refractivity contribution in [3.63, 3.8) is 0 Å².